The van der Waals surface area contributed by atoms with Gasteiger partial charge in [0.15, 0.2) is 9.84 Å². The molecule has 3 rings (SSSR count). The van der Waals surface area contributed by atoms with Crippen LogP contribution in [0, 0.1) is 5.82 Å². The van der Waals surface area contributed by atoms with E-state index < -0.39 is 21.6 Å². The number of anilines is 2. The predicted octanol–water partition coefficient (Wildman–Crippen LogP) is 2.75. The summed E-state index contributed by atoms with van der Waals surface area (Å²) < 4.78 is 36.4. The molecule has 1 aliphatic heterocycles. The summed E-state index contributed by atoms with van der Waals surface area (Å²) in [4.78, 5) is 18.3. The fraction of sp³-hybridized carbons (Fsp3) is 0.294. The van der Waals surface area contributed by atoms with E-state index in [1.807, 2.05) is 4.90 Å². The summed E-state index contributed by atoms with van der Waals surface area (Å²) >= 11 is 5.69. The topological polar surface area (TPSA) is 79.4 Å². The van der Waals surface area contributed by atoms with Gasteiger partial charge in [-0.1, -0.05) is 11.6 Å². The summed E-state index contributed by atoms with van der Waals surface area (Å²) in [5.74, 6) is -0.0828. The van der Waals surface area contributed by atoms with Crippen molar-refractivity contribution in [2.75, 3.05) is 28.8 Å². The second-order valence-corrected chi connectivity index (χ2v) is 8.79. The molecule has 0 radical (unpaired) electrons. The summed E-state index contributed by atoms with van der Waals surface area (Å²) in [5, 5.41) is 2.54. The van der Waals surface area contributed by atoms with Crippen molar-refractivity contribution in [2.45, 2.75) is 12.5 Å². The molecule has 0 bridgehead atoms. The SMILES string of the molecule is CN(c1ccc(C(=O)Nc2ccc(F)c(Cl)c2)cn1)C1CCS(=O)(=O)C1. The van der Waals surface area contributed by atoms with Crippen LogP contribution in [-0.4, -0.2) is 43.9 Å². The Balaban J connectivity index is 1.68. The quantitative estimate of drug-likeness (QED) is 0.858. The molecule has 1 unspecified atom stereocenters. The molecule has 138 valence electrons. The van der Waals surface area contributed by atoms with Crippen LogP contribution in [0.3, 0.4) is 0 Å². The maximum absolute atomic E-state index is 13.2. The van der Waals surface area contributed by atoms with Crippen molar-refractivity contribution in [1.82, 2.24) is 4.98 Å². The number of nitrogens with zero attached hydrogens (tertiary/aromatic N) is 2. The van der Waals surface area contributed by atoms with E-state index in [-0.39, 0.29) is 22.6 Å². The largest absolute Gasteiger partial charge is 0.356 e. The Morgan fingerprint density at radius 1 is 1.35 bits per heavy atom. The van der Waals surface area contributed by atoms with E-state index >= 15 is 0 Å². The Kier molecular flexibility index (Phi) is 5.15. The van der Waals surface area contributed by atoms with Gasteiger partial charge in [-0.05, 0) is 36.8 Å². The monoisotopic (exact) mass is 397 g/mol. The van der Waals surface area contributed by atoms with Crippen LogP contribution in [0.25, 0.3) is 0 Å². The minimum atomic E-state index is -2.98. The molecule has 1 N–H and O–H groups in total. The highest BCUT2D eigenvalue weighted by Crippen LogP contribution is 2.22. The third-order valence-corrected chi connectivity index (χ3v) is 6.35. The van der Waals surface area contributed by atoms with Crippen molar-refractivity contribution in [3.8, 4) is 0 Å². The third kappa shape index (κ3) is 4.13. The van der Waals surface area contributed by atoms with Gasteiger partial charge in [0.25, 0.3) is 5.91 Å². The van der Waals surface area contributed by atoms with E-state index in [1.54, 1.807) is 19.2 Å². The highest BCUT2D eigenvalue weighted by atomic mass is 35.5. The number of amides is 1. The lowest BCUT2D eigenvalue weighted by Crippen LogP contribution is -2.33. The van der Waals surface area contributed by atoms with Gasteiger partial charge in [0.05, 0.1) is 22.1 Å². The van der Waals surface area contributed by atoms with Gasteiger partial charge in [-0.25, -0.2) is 17.8 Å². The average molecular weight is 398 g/mol. The molecule has 0 saturated carbocycles. The number of hydrogen-bond donors (Lipinski definition) is 1. The average Bonchev–Trinajstić information content (AvgIpc) is 2.97. The fourth-order valence-electron chi connectivity index (χ4n) is 2.77. The molecule has 9 heteroatoms. The standard InChI is InChI=1S/C17H17ClFN3O3S/c1-22(13-6-7-26(24,25)10-13)16-5-2-11(9-20-16)17(23)21-12-3-4-15(19)14(18)8-12/h2-5,8-9,13H,6-7,10H2,1H3,(H,21,23). The zero-order valence-electron chi connectivity index (χ0n) is 13.9. The number of carbonyl (C=O) groups excluding carboxylic acids is 1. The Bertz CT molecular complexity index is 935. The second-order valence-electron chi connectivity index (χ2n) is 6.16. The minimum absolute atomic E-state index is 0.0792. The van der Waals surface area contributed by atoms with Crippen LogP contribution in [0.2, 0.25) is 5.02 Å². The molecule has 2 heterocycles. The molecule has 0 aliphatic carbocycles. The van der Waals surface area contributed by atoms with Gasteiger partial charge in [0, 0.05) is 25.0 Å². The first-order chi connectivity index (χ1) is 12.2. The Morgan fingerprint density at radius 3 is 2.69 bits per heavy atom. The van der Waals surface area contributed by atoms with E-state index in [4.69, 9.17) is 11.6 Å². The van der Waals surface area contributed by atoms with Crippen molar-refractivity contribution in [3.05, 3.63) is 52.9 Å². The summed E-state index contributed by atoms with van der Waals surface area (Å²) in [5.41, 5.74) is 0.695. The van der Waals surface area contributed by atoms with E-state index in [2.05, 4.69) is 10.3 Å². The van der Waals surface area contributed by atoms with Crippen LogP contribution in [0.15, 0.2) is 36.5 Å². The van der Waals surface area contributed by atoms with E-state index in [0.29, 0.717) is 23.5 Å². The maximum atomic E-state index is 13.2. The van der Waals surface area contributed by atoms with E-state index in [1.165, 1.54) is 24.4 Å². The number of sulfone groups is 1. The molecule has 1 atom stereocenters. The summed E-state index contributed by atoms with van der Waals surface area (Å²) in [6, 6.07) is 7.05. The zero-order chi connectivity index (χ0) is 18.9. The van der Waals surface area contributed by atoms with Gasteiger partial charge in [0.1, 0.15) is 11.6 Å². The van der Waals surface area contributed by atoms with Crippen molar-refractivity contribution in [2.24, 2.45) is 0 Å². The molecule has 1 aromatic heterocycles. The third-order valence-electron chi connectivity index (χ3n) is 4.31. The van der Waals surface area contributed by atoms with Gasteiger partial charge < -0.3 is 10.2 Å². The lowest BCUT2D eigenvalue weighted by atomic mass is 10.2. The highest BCUT2D eigenvalue weighted by molar-refractivity contribution is 7.91. The maximum Gasteiger partial charge on any atom is 0.257 e. The molecule has 1 amide bonds. The number of pyridine rings is 1. The lowest BCUT2D eigenvalue weighted by molar-refractivity contribution is 0.102. The van der Waals surface area contributed by atoms with Crippen LogP contribution in [0.5, 0.6) is 0 Å². The van der Waals surface area contributed by atoms with Crippen LogP contribution >= 0.6 is 11.6 Å². The van der Waals surface area contributed by atoms with Gasteiger partial charge >= 0.3 is 0 Å². The summed E-state index contributed by atoms with van der Waals surface area (Å²) in [6.07, 6.45) is 1.98. The Morgan fingerprint density at radius 2 is 2.12 bits per heavy atom. The summed E-state index contributed by atoms with van der Waals surface area (Å²) in [6.45, 7) is 0. The van der Waals surface area contributed by atoms with E-state index in [0.717, 1.165) is 0 Å². The van der Waals surface area contributed by atoms with Gasteiger partial charge in [-0.3, -0.25) is 4.79 Å². The molecular formula is C17H17ClFN3O3S. The van der Waals surface area contributed by atoms with Gasteiger partial charge in [-0.2, -0.15) is 0 Å². The summed E-state index contributed by atoms with van der Waals surface area (Å²) in [7, 11) is -1.20. The van der Waals surface area contributed by atoms with Crippen LogP contribution in [-0.2, 0) is 9.84 Å². The number of benzene rings is 1. The number of halogens is 2. The zero-order valence-corrected chi connectivity index (χ0v) is 15.5. The first-order valence-electron chi connectivity index (χ1n) is 7.91. The normalized spacial score (nSPS) is 18.5. The van der Waals surface area contributed by atoms with Crippen LogP contribution in [0.4, 0.5) is 15.9 Å². The molecule has 6 nitrogen and oxygen atoms in total. The Labute approximate surface area is 155 Å². The van der Waals surface area contributed by atoms with Crippen molar-refractivity contribution >= 4 is 38.9 Å². The molecule has 1 aromatic carbocycles. The number of nitrogens with one attached hydrogen (secondary N) is 1. The molecule has 1 fully saturated rings. The predicted molar refractivity (Wildman–Crippen MR) is 99.1 cm³/mol. The molecule has 26 heavy (non-hydrogen) atoms. The molecule has 1 saturated heterocycles. The fourth-order valence-corrected chi connectivity index (χ4v) is 4.73. The van der Waals surface area contributed by atoms with Crippen molar-refractivity contribution in [1.29, 1.82) is 0 Å². The number of rotatable bonds is 4. The van der Waals surface area contributed by atoms with Gasteiger partial charge in [-0.15, -0.1) is 0 Å². The van der Waals surface area contributed by atoms with Crippen LogP contribution < -0.4 is 10.2 Å². The molecule has 0 spiro atoms. The Hall–Kier alpha value is -2.19. The van der Waals surface area contributed by atoms with Crippen molar-refractivity contribution < 1.29 is 17.6 Å². The molecular weight excluding hydrogens is 381 g/mol. The smallest absolute Gasteiger partial charge is 0.257 e. The van der Waals surface area contributed by atoms with Crippen LogP contribution in [0.1, 0.15) is 16.8 Å². The molecule has 2 aromatic rings. The number of carbonyl (C=O) groups is 1. The van der Waals surface area contributed by atoms with Crippen molar-refractivity contribution in [3.63, 3.8) is 0 Å². The number of hydrogen-bond acceptors (Lipinski definition) is 5. The highest BCUT2D eigenvalue weighted by Gasteiger charge is 2.31. The van der Waals surface area contributed by atoms with Gasteiger partial charge in [0.2, 0.25) is 0 Å². The lowest BCUT2D eigenvalue weighted by Gasteiger charge is -2.24. The molecule has 1 aliphatic rings. The first kappa shape index (κ1) is 18.6. The minimum Gasteiger partial charge on any atom is -0.356 e. The van der Waals surface area contributed by atoms with E-state index in [9.17, 15) is 17.6 Å². The number of aromatic nitrogens is 1. The second kappa shape index (κ2) is 7.20. The first-order valence-corrected chi connectivity index (χ1v) is 10.1.